The summed E-state index contributed by atoms with van der Waals surface area (Å²) < 4.78 is 25.6. The van der Waals surface area contributed by atoms with Gasteiger partial charge >= 0.3 is 16.0 Å². The normalized spacial score (nSPS) is 10.9. The van der Waals surface area contributed by atoms with Crippen molar-refractivity contribution < 1.29 is 17.6 Å². The summed E-state index contributed by atoms with van der Waals surface area (Å²) in [6, 6.07) is 5.69. The summed E-state index contributed by atoms with van der Waals surface area (Å²) in [5.74, 6) is -0.828. The highest BCUT2D eigenvalue weighted by Gasteiger charge is 2.14. The zero-order chi connectivity index (χ0) is 16.9. The molecule has 22 heavy (non-hydrogen) atoms. The molecule has 0 aromatic heterocycles. The Morgan fingerprint density at radius 2 is 1.77 bits per heavy atom. The molecule has 0 saturated carbocycles. The number of rotatable bonds is 4. The molecule has 0 aliphatic carbocycles. The van der Waals surface area contributed by atoms with Gasteiger partial charge < -0.3 is 10.6 Å². The fourth-order valence-electron chi connectivity index (χ4n) is 1.35. The fourth-order valence-corrected chi connectivity index (χ4v) is 2.49. The van der Waals surface area contributed by atoms with E-state index in [0.29, 0.717) is 5.69 Å². The Hall–Kier alpha value is -2.20. The van der Waals surface area contributed by atoms with Gasteiger partial charge in [0.1, 0.15) is 4.90 Å². The number of nitrogens with one attached hydrogen (secondary N) is 3. The first kappa shape index (κ1) is 17.9. The molecule has 0 atom stereocenters. The highest BCUT2D eigenvalue weighted by molar-refractivity contribution is 7.84. The third-order valence-electron chi connectivity index (χ3n) is 2.44. The number of anilines is 1. The van der Waals surface area contributed by atoms with E-state index in [0.717, 1.165) is 0 Å². The fraction of sp³-hybridized carbons (Fsp3) is 0.250. The first-order valence-electron chi connectivity index (χ1n) is 6.24. The van der Waals surface area contributed by atoms with Gasteiger partial charge in [-0.2, -0.15) is 12.8 Å². The zero-order valence-corrected chi connectivity index (χ0v) is 13.7. The van der Waals surface area contributed by atoms with Crippen molar-refractivity contribution in [2.45, 2.75) is 18.7 Å². The molecule has 0 aliphatic heterocycles. The molecular formula is C12H18N5O3S2+. The lowest BCUT2D eigenvalue weighted by Gasteiger charge is -2.11. The van der Waals surface area contributed by atoms with E-state index in [1.807, 2.05) is 4.40 Å². The molecule has 1 aromatic rings. The molecule has 0 unspecified atom stereocenters. The van der Waals surface area contributed by atoms with Crippen molar-refractivity contribution in [1.82, 2.24) is 5.32 Å². The van der Waals surface area contributed by atoms with Crippen molar-refractivity contribution in [3.8, 4) is 0 Å². The second-order valence-electron chi connectivity index (χ2n) is 4.68. The smallest absolute Gasteiger partial charge is 0.332 e. The molecule has 1 amide bonds. The lowest BCUT2D eigenvalue weighted by Crippen LogP contribution is -2.80. The van der Waals surface area contributed by atoms with Crippen LogP contribution in [0.4, 0.5) is 5.69 Å². The predicted octanol–water partition coefficient (Wildman–Crippen LogP) is -1.80. The second-order valence-corrected chi connectivity index (χ2v) is 6.77. The van der Waals surface area contributed by atoms with Crippen LogP contribution in [0.15, 0.2) is 29.2 Å². The van der Waals surface area contributed by atoms with Gasteiger partial charge in [0.2, 0.25) is 5.91 Å². The Labute approximate surface area is 134 Å². The van der Waals surface area contributed by atoms with Gasteiger partial charge in [-0.3, -0.25) is 16.3 Å². The number of guanidine groups is 1. The van der Waals surface area contributed by atoms with E-state index < -0.39 is 16.0 Å². The van der Waals surface area contributed by atoms with Crippen LogP contribution in [0.3, 0.4) is 0 Å². The first-order chi connectivity index (χ1) is 10.1. The van der Waals surface area contributed by atoms with Gasteiger partial charge in [-0.05, 0) is 36.5 Å². The Bertz CT molecular complexity index is 692. The molecule has 120 valence electrons. The summed E-state index contributed by atoms with van der Waals surface area (Å²) in [5, 5.41) is 5.42. The number of nitrogens with two attached hydrogens (primary N) is 2. The van der Waals surface area contributed by atoms with Crippen molar-refractivity contribution in [3.05, 3.63) is 24.3 Å². The number of carbonyl (C=O) groups excluding carboxylic acids is 1. The van der Waals surface area contributed by atoms with Gasteiger partial charge in [-0.15, -0.1) is 0 Å². The standard InChI is InChI=1S/C12H17N5O3S2/c1-7(2)10(18)16-12(21)15-8-3-5-9(6-4-8)22(19,20)17-11(13)14/h3-7H,1-2H3,(H4,13,14,17)(H2,15,16,18,21)/p+1. The number of amides is 1. The molecule has 8 nitrogen and oxygen atoms in total. The summed E-state index contributed by atoms with van der Waals surface area (Å²) in [5.41, 5.74) is 10.8. The van der Waals surface area contributed by atoms with Crippen LogP contribution in [0.25, 0.3) is 0 Å². The van der Waals surface area contributed by atoms with Crippen molar-refractivity contribution in [2.75, 3.05) is 5.32 Å². The van der Waals surface area contributed by atoms with Crippen LogP contribution in [0.1, 0.15) is 13.8 Å². The van der Waals surface area contributed by atoms with Crippen LogP contribution in [-0.2, 0) is 14.8 Å². The molecule has 0 saturated heterocycles. The molecular weight excluding hydrogens is 326 g/mol. The maximum absolute atomic E-state index is 11.8. The SMILES string of the molecule is CC(C)C(=O)NC(=S)Nc1ccc(S(=O)(=O)[NH+]=C(N)N)cc1. The minimum atomic E-state index is -3.80. The topological polar surface area (TPSA) is 141 Å². The third-order valence-corrected chi connectivity index (χ3v) is 4.04. The number of thiocarbonyl (C=S) groups is 1. The maximum Gasteiger partial charge on any atom is 0.353 e. The van der Waals surface area contributed by atoms with Crippen molar-refractivity contribution in [2.24, 2.45) is 17.4 Å². The third kappa shape index (κ3) is 5.30. The molecule has 0 spiro atoms. The number of sulfonamides is 1. The van der Waals surface area contributed by atoms with E-state index in [2.05, 4.69) is 10.6 Å². The molecule has 1 rings (SSSR count). The number of benzene rings is 1. The molecule has 1 aromatic carbocycles. The van der Waals surface area contributed by atoms with Gasteiger partial charge in [0.25, 0.3) is 0 Å². The molecule has 0 radical (unpaired) electrons. The van der Waals surface area contributed by atoms with E-state index in [4.69, 9.17) is 23.7 Å². The first-order valence-corrected chi connectivity index (χ1v) is 8.13. The molecule has 10 heteroatoms. The van der Waals surface area contributed by atoms with Crippen molar-refractivity contribution >= 4 is 44.9 Å². The Balaban J connectivity index is 2.80. The summed E-state index contributed by atoms with van der Waals surface area (Å²) in [4.78, 5) is 11.5. The monoisotopic (exact) mass is 344 g/mol. The van der Waals surface area contributed by atoms with E-state index in [1.165, 1.54) is 24.3 Å². The summed E-state index contributed by atoms with van der Waals surface area (Å²) in [6.07, 6.45) is 0. The highest BCUT2D eigenvalue weighted by Crippen LogP contribution is 2.12. The van der Waals surface area contributed by atoms with Gasteiger partial charge in [0.15, 0.2) is 5.11 Å². The van der Waals surface area contributed by atoms with Crippen LogP contribution in [-0.4, -0.2) is 25.4 Å². The number of hydrogen-bond donors (Lipinski definition) is 5. The Morgan fingerprint density at radius 1 is 1.23 bits per heavy atom. The van der Waals surface area contributed by atoms with E-state index in [9.17, 15) is 13.2 Å². The quantitative estimate of drug-likeness (QED) is 0.246. The maximum atomic E-state index is 11.8. The van der Waals surface area contributed by atoms with Crippen LogP contribution >= 0.6 is 12.2 Å². The minimum absolute atomic E-state index is 0.0106. The lowest BCUT2D eigenvalue weighted by atomic mass is 10.2. The summed E-state index contributed by atoms with van der Waals surface area (Å²) in [6.45, 7) is 3.48. The van der Waals surface area contributed by atoms with Gasteiger partial charge in [-0.25, -0.2) is 0 Å². The molecule has 0 aliphatic rings. The van der Waals surface area contributed by atoms with Crippen molar-refractivity contribution in [3.63, 3.8) is 0 Å². The van der Waals surface area contributed by atoms with Gasteiger partial charge in [0.05, 0.1) is 0 Å². The number of carbonyl (C=O) groups is 1. The minimum Gasteiger partial charge on any atom is -0.332 e. The largest absolute Gasteiger partial charge is 0.353 e. The van der Waals surface area contributed by atoms with Crippen LogP contribution in [0.5, 0.6) is 0 Å². The Morgan fingerprint density at radius 3 is 2.23 bits per heavy atom. The molecule has 0 bridgehead atoms. The van der Waals surface area contributed by atoms with E-state index in [-0.39, 0.29) is 21.8 Å². The predicted molar refractivity (Wildman–Crippen MR) is 87.2 cm³/mol. The van der Waals surface area contributed by atoms with Gasteiger partial charge in [-0.1, -0.05) is 13.8 Å². The molecule has 7 N–H and O–H groups in total. The highest BCUT2D eigenvalue weighted by atomic mass is 32.2. The molecule has 0 fully saturated rings. The van der Waals surface area contributed by atoms with Crippen LogP contribution in [0.2, 0.25) is 0 Å². The molecule has 0 heterocycles. The summed E-state index contributed by atoms with van der Waals surface area (Å²) >= 11 is 4.98. The Kier molecular flexibility index (Phi) is 5.83. The van der Waals surface area contributed by atoms with Crippen LogP contribution in [0, 0.1) is 5.92 Å². The van der Waals surface area contributed by atoms with Crippen LogP contribution < -0.4 is 26.5 Å². The van der Waals surface area contributed by atoms with E-state index >= 15 is 0 Å². The van der Waals surface area contributed by atoms with Crippen molar-refractivity contribution in [1.29, 1.82) is 0 Å². The second kappa shape index (κ2) is 7.18. The van der Waals surface area contributed by atoms with Gasteiger partial charge in [0, 0.05) is 11.6 Å². The average molecular weight is 344 g/mol. The average Bonchev–Trinajstić information content (AvgIpc) is 2.37. The number of hydrogen-bond acceptors (Lipinski definition) is 4. The summed E-state index contributed by atoms with van der Waals surface area (Å²) in [7, 11) is -3.80. The van der Waals surface area contributed by atoms with E-state index in [1.54, 1.807) is 13.8 Å². The zero-order valence-electron chi connectivity index (χ0n) is 12.1. The lowest BCUT2D eigenvalue weighted by molar-refractivity contribution is -0.270.